The van der Waals surface area contributed by atoms with Gasteiger partial charge in [-0.2, -0.15) is 4.31 Å². The average Bonchev–Trinajstić information content (AvgIpc) is 2.69. The summed E-state index contributed by atoms with van der Waals surface area (Å²) in [5.41, 5.74) is 8.27. The zero-order chi connectivity index (χ0) is 19.0. The number of hydrogen-bond donors (Lipinski definition) is 1. The number of nitrogens with two attached hydrogens (primary N) is 1. The van der Waals surface area contributed by atoms with E-state index >= 15 is 0 Å². The standard InChI is InChI=1S/C20H31N3O3S/c1-26-17-6-5-15-7-10-22-14-16-4-2-9-23(27(24,25)11-3-8-21)19(16)13-20(22)18(15)12-17/h5-6,12,16,19-20H,2-4,7-11,13-14,21H2,1H3/t16-,19+,20+/m1/s1. The number of rotatable bonds is 5. The van der Waals surface area contributed by atoms with Crippen LogP contribution >= 0.6 is 0 Å². The lowest BCUT2D eigenvalue weighted by atomic mass is 9.77. The molecule has 3 heterocycles. The first-order chi connectivity index (χ1) is 13.0. The van der Waals surface area contributed by atoms with E-state index in [0.717, 1.165) is 44.5 Å². The normalized spacial score (nSPS) is 28.9. The van der Waals surface area contributed by atoms with Crippen molar-refractivity contribution >= 4 is 10.0 Å². The Bertz CT molecular complexity index is 783. The van der Waals surface area contributed by atoms with Crippen molar-refractivity contribution in [1.29, 1.82) is 0 Å². The van der Waals surface area contributed by atoms with Gasteiger partial charge in [-0.15, -0.1) is 0 Å². The van der Waals surface area contributed by atoms with Crippen molar-refractivity contribution in [2.75, 3.05) is 39.0 Å². The van der Waals surface area contributed by atoms with Gasteiger partial charge in [-0.3, -0.25) is 4.90 Å². The number of methoxy groups -OCH3 is 1. The lowest BCUT2D eigenvalue weighted by Crippen LogP contribution is -2.57. The first-order valence-corrected chi connectivity index (χ1v) is 11.7. The van der Waals surface area contributed by atoms with Gasteiger partial charge >= 0.3 is 0 Å². The van der Waals surface area contributed by atoms with Gasteiger partial charge < -0.3 is 10.5 Å². The van der Waals surface area contributed by atoms with Crippen LogP contribution in [0.3, 0.4) is 0 Å². The maximum absolute atomic E-state index is 12.9. The van der Waals surface area contributed by atoms with E-state index in [1.807, 2.05) is 10.4 Å². The van der Waals surface area contributed by atoms with Gasteiger partial charge in [0, 0.05) is 31.7 Å². The molecule has 3 aliphatic heterocycles. The molecule has 0 aromatic heterocycles. The third-order valence-corrected chi connectivity index (χ3v) is 8.56. The topological polar surface area (TPSA) is 75.9 Å². The Morgan fingerprint density at radius 1 is 1.30 bits per heavy atom. The van der Waals surface area contributed by atoms with Gasteiger partial charge in [0.05, 0.1) is 12.9 Å². The Morgan fingerprint density at radius 3 is 2.93 bits per heavy atom. The van der Waals surface area contributed by atoms with Crippen LogP contribution in [0.2, 0.25) is 0 Å². The highest BCUT2D eigenvalue weighted by molar-refractivity contribution is 7.89. The Balaban J connectivity index is 1.62. The molecule has 150 valence electrons. The van der Waals surface area contributed by atoms with Gasteiger partial charge in [-0.05, 0) is 67.8 Å². The molecule has 0 radical (unpaired) electrons. The predicted molar refractivity (Wildman–Crippen MR) is 106 cm³/mol. The van der Waals surface area contributed by atoms with Gasteiger partial charge in [-0.1, -0.05) is 6.07 Å². The zero-order valence-electron chi connectivity index (χ0n) is 16.1. The molecule has 27 heavy (non-hydrogen) atoms. The van der Waals surface area contributed by atoms with Crippen molar-refractivity contribution < 1.29 is 13.2 Å². The monoisotopic (exact) mass is 393 g/mol. The van der Waals surface area contributed by atoms with E-state index in [4.69, 9.17) is 10.5 Å². The molecule has 0 saturated carbocycles. The lowest BCUT2D eigenvalue weighted by Gasteiger charge is -2.51. The molecule has 1 aromatic rings. The smallest absolute Gasteiger partial charge is 0.214 e. The minimum atomic E-state index is -3.23. The molecule has 2 saturated heterocycles. The van der Waals surface area contributed by atoms with Crippen molar-refractivity contribution in [3.05, 3.63) is 29.3 Å². The summed E-state index contributed by atoms with van der Waals surface area (Å²) >= 11 is 0. The van der Waals surface area contributed by atoms with Gasteiger partial charge in [0.2, 0.25) is 10.0 Å². The highest BCUT2D eigenvalue weighted by Crippen LogP contribution is 2.44. The number of piperidine rings is 2. The second kappa shape index (κ2) is 7.70. The third-order valence-electron chi connectivity index (χ3n) is 6.59. The van der Waals surface area contributed by atoms with Crippen molar-refractivity contribution in [3.8, 4) is 5.75 Å². The van der Waals surface area contributed by atoms with Gasteiger partial charge in [0.15, 0.2) is 0 Å². The molecule has 3 aliphatic rings. The number of hydrogen-bond acceptors (Lipinski definition) is 5. The second-order valence-corrected chi connectivity index (χ2v) is 10.1. The van der Waals surface area contributed by atoms with E-state index in [1.165, 1.54) is 11.1 Å². The van der Waals surface area contributed by atoms with Crippen LogP contribution in [0.5, 0.6) is 5.75 Å². The van der Waals surface area contributed by atoms with Crippen LogP contribution in [-0.2, 0) is 16.4 Å². The number of fused-ring (bicyclic) bond motifs is 4. The number of nitrogens with zero attached hydrogens (tertiary/aromatic N) is 2. The minimum Gasteiger partial charge on any atom is -0.497 e. The fraction of sp³-hybridized carbons (Fsp3) is 0.700. The zero-order valence-corrected chi connectivity index (χ0v) is 17.0. The SMILES string of the molecule is COc1ccc2c(c1)[C@@H]1C[C@H]3[C@H](CCCN3S(=O)(=O)CCCN)CN1CC2. The molecule has 2 fully saturated rings. The van der Waals surface area contributed by atoms with Crippen LogP contribution in [0.4, 0.5) is 0 Å². The molecule has 0 bridgehead atoms. The van der Waals surface area contributed by atoms with Crippen LogP contribution in [0, 0.1) is 5.92 Å². The summed E-state index contributed by atoms with van der Waals surface area (Å²) in [7, 11) is -1.53. The molecule has 4 rings (SSSR count). The summed E-state index contributed by atoms with van der Waals surface area (Å²) in [5, 5.41) is 0. The molecular weight excluding hydrogens is 362 g/mol. The van der Waals surface area contributed by atoms with Crippen LogP contribution < -0.4 is 10.5 Å². The van der Waals surface area contributed by atoms with E-state index in [2.05, 4.69) is 17.0 Å². The minimum absolute atomic E-state index is 0.111. The molecule has 0 aliphatic carbocycles. The molecule has 0 spiro atoms. The summed E-state index contributed by atoms with van der Waals surface area (Å²) in [5.74, 6) is 1.49. The maximum Gasteiger partial charge on any atom is 0.214 e. The average molecular weight is 394 g/mol. The largest absolute Gasteiger partial charge is 0.497 e. The summed E-state index contributed by atoms with van der Waals surface area (Å²) in [6, 6.07) is 6.76. The van der Waals surface area contributed by atoms with Gasteiger partial charge in [0.25, 0.3) is 0 Å². The molecule has 7 heteroatoms. The first-order valence-electron chi connectivity index (χ1n) is 10.1. The van der Waals surface area contributed by atoms with Crippen molar-refractivity contribution in [3.63, 3.8) is 0 Å². The van der Waals surface area contributed by atoms with E-state index in [1.54, 1.807) is 7.11 Å². The molecular formula is C20H31N3O3S. The van der Waals surface area contributed by atoms with E-state index in [9.17, 15) is 8.42 Å². The van der Waals surface area contributed by atoms with Gasteiger partial charge in [0.1, 0.15) is 5.75 Å². The molecule has 1 aromatic carbocycles. The van der Waals surface area contributed by atoms with E-state index in [-0.39, 0.29) is 17.8 Å². The summed E-state index contributed by atoms with van der Waals surface area (Å²) in [4.78, 5) is 2.57. The molecule has 6 nitrogen and oxygen atoms in total. The Kier molecular flexibility index (Phi) is 5.47. The highest BCUT2D eigenvalue weighted by Gasteiger charge is 2.45. The van der Waals surface area contributed by atoms with Crippen LogP contribution in [0.15, 0.2) is 18.2 Å². The first kappa shape index (κ1) is 19.2. The maximum atomic E-state index is 12.9. The molecule has 3 atom stereocenters. The summed E-state index contributed by atoms with van der Waals surface area (Å²) in [6.45, 7) is 3.14. The van der Waals surface area contributed by atoms with Crippen molar-refractivity contribution in [2.24, 2.45) is 11.7 Å². The number of benzene rings is 1. The quantitative estimate of drug-likeness (QED) is 0.825. The van der Waals surface area contributed by atoms with Crippen LogP contribution in [0.1, 0.15) is 42.9 Å². The Hall–Kier alpha value is -1.15. The Morgan fingerprint density at radius 2 is 2.15 bits per heavy atom. The molecule has 0 amide bonds. The number of ether oxygens (including phenoxy) is 1. The summed E-state index contributed by atoms with van der Waals surface area (Å²) < 4.78 is 33.2. The lowest BCUT2D eigenvalue weighted by molar-refractivity contribution is 0.0219. The van der Waals surface area contributed by atoms with Crippen LogP contribution in [-0.4, -0.2) is 62.7 Å². The molecule has 2 N–H and O–H groups in total. The fourth-order valence-corrected chi connectivity index (χ4v) is 7.08. The fourth-order valence-electron chi connectivity index (χ4n) is 5.23. The molecule has 0 unspecified atom stereocenters. The van der Waals surface area contributed by atoms with E-state index in [0.29, 0.717) is 25.4 Å². The predicted octanol–water partition coefficient (Wildman–Crippen LogP) is 1.76. The summed E-state index contributed by atoms with van der Waals surface area (Å²) in [6.07, 6.45) is 4.57. The van der Waals surface area contributed by atoms with Crippen molar-refractivity contribution in [2.45, 2.75) is 44.2 Å². The third kappa shape index (κ3) is 3.62. The highest BCUT2D eigenvalue weighted by atomic mass is 32.2. The van der Waals surface area contributed by atoms with E-state index < -0.39 is 10.0 Å². The van der Waals surface area contributed by atoms with Gasteiger partial charge in [-0.25, -0.2) is 8.42 Å². The number of sulfonamides is 1. The van der Waals surface area contributed by atoms with Crippen molar-refractivity contribution in [1.82, 2.24) is 9.21 Å². The Labute approximate surface area is 162 Å². The van der Waals surface area contributed by atoms with Crippen LogP contribution in [0.25, 0.3) is 0 Å². The second-order valence-electron chi connectivity index (χ2n) is 8.10.